The molecular formula is C33H35FN6O5. The third kappa shape index (κ3) is 8.22. The lowest BCUT2D eigenvalue weighted by Crippen LogP contribution is -2.51. The van der Waals surface area contributed by atoms with Crippen LogP contribution in [0.4, 0.5) is 19.8 Å². The highest BCUT2D eigenvalue weighted by Gasteiger charge is 2.27. The van der Waals surface area contributed by atoms with E-state index in [4.69, 9.17) is 9.47 Å². The zero-order valence-corrected chi connectivity index (χ0v) is 25.4. The minimum atomic E-state index is -0.690. The van der Waals surface area contributed by atoms with E-state index in [1.165, 1.54) is 18.3 Å². The van der Waals surface area contributed by atoms with Crippen LogP contribution in [-0.2, 0) is 27.4 Å². The highest BCUT2D eigenvalue weighted by atomic mass is 19.1. The maximum atomic E-state index is 13.7. The summed E-state index contributed by atoms with van der Waals surface area (Å²) in [4.78, 5) is 50.6. The average molecular weight is 615 g/mol. The number of amides is 3. The number of hydrogen-bond donors (Lipinski definition) is 1. The Balaban J connectivity index is 1.30. The van der Waals surface area contributed by atoms with Crippen LogP contribution < -0.4 is 5.32 Å². The van der Waals surface area contributed by atoms with Gasteiger partial charge in [-0.25, -0.2) is 23.9 Å². The van der Waals surface area contributed by atoms with Crippen molar-refractivity contribution in [2.45, 2.75) is 39.5 Å². The molecule has 2 aromatic heterocycles. The van der Waals surface area contributed by atoms with Gasteiger partial charge in [0.15, 0.2) is 0 Å². The van der Waals surface area contributed by atoms with Gasteiger partial charge in [-0.2, -0.15) is 0 Å². The van der Waals surface area contributed by atoms with Crippen LogP contribution in [0.1, 0.15) is 26.3 Å². The molecule has 0 atom stereocenters. The molecule has 0 aliphatic carbocycles. The molecule has 1 aliphatic heterocycles. The number of rotatable bonds is 7. The van der Waals surface area contributed by atoms with E-state index in [0.29, 0.717) is 48.7 Å². The van der Waals surface area contributed by atoms with Crippen molar-refractivity contribution in [2.75, 3.05) is 31.5 Å². The number of ether oxygens (including phenoxy) is 2. The highest BCUT2D eigenvalue weighted by Crippen LogP contribution is 2.32. The Kier molecular flexibility index (Phi) is 9.41. The molecule has 3 amide bonds. The number of carbonyl (C=O) groups excluding carboxylic acids is 3. The lowest BCUT2D eigenvalue weighted by atomic mass is 10.1. The van der Waals surface area contributed by atoms with Gasteiger partial charge in [0.1, 0.15) is 30.4 Å². The molecule has 0 unspecified atom stereocenters. The van der Waals surface area contributed by atoms with Crippen LogP contribution in [-0.4, -0.2) is 74.2 Å². The largest absolute Gasteiger partial charge is 0.445 e. The fraction of sp³-hybridized carbons (Fsp3) is 0.303. The fourth-order valence-electron chi connectivity index (χ4n) is 4.87. The van der Waals surface area contributed by atoms with Gasteiger partial charge in [0.05, 0.1) is 17.7 Å². The summed E-state index contributed by atoms with van der Waals surface area (Å²) in [5.74, 6) is -0.287. The number of aromatic nitrogens is 3. The van der Waals surface area contributed by atoms with Gasteiger partial charge in [0, 0.05) is 43.5 Å². The topological polar surface area (TPSA) is 119 Å². The van der Waals surface area contributed by atoms with E-state index in [1.807, 2.05) is 30.3 Å². The summed E-state index contributed by atoms with van der Waals surface area (Å²) >= 11 is 0. The first-order valence-corrected chi connectivity index (χ1v) is 14.6. The molecule has 45 heavy (non-hydrogen) atoms. The molecule has 1 fully saturated rings. The summed E-state index contributed by atoms with van der Waals surface area (Å²) in [6.45, 7) is 6.85. The van der Waals surface area contributed by atoms with Crippen LogP contribution >= 0.6 is 0 Å². The smallest absolute Gasteiger partial charge is 0.413 e. The maximum Gasteiger partial charge on any atom is 0.413 e. The molecule has 0 radical (unpaired) electrons. The number of nitrogens with zero attached hydrogens (tertiary/aromatic N) is 5. The number of anilines is 1. The van der Waals surface area contributed by atoms with Crippen LogP contribution in [0.25, 0.3) is 22.5 Å². The first-order chi connectivity index (χ1) is 21.6. The Labute approximate surface area is 260 Å². The Morgan fingerprint density at radius 3 is 2.27 bits per heavy atom. The van der Waals surface area contributed by atoms with E-state index in [2.05, 4.69) is 15.3 Å². The van der Waals surface area contributed by atoms with Gasteiger partial charge in [-0.05, 0) is 62.7 Å². The highest BCUT2D eigenvalue weighted by molar-refractivity contribution is 5.86. The molecular weight excluding hydrogens is 579 g/mol. The summed E-state index contributed by atoms with van der Waals surface area (Å²) in [5, 5.41) is 2.64. The standard InChI is InChI=1S/C33H35FN6O5/c1-33(2,3)45-31(42)37-27-19-25(13-14-35-27)30-29(24-9-11-26(34)12-10-24)36-22-40(30)20-28(41)38-15-17-39(18-16-38)32(43)44-21-23-7-5-4-6-8-23/h4-14,19,22H,15-18,20-21H2,1-3H3,(H,35,37,42). The van der Waals surface area contributed by atoms with Crippen molar-refractivity contribution in [2.24, 2.45) is 0 Å². The Bertz CT molecular complexity index is 1640. The third-order valence-electron chi connectivity index (χ3n) is 7.02. The Morgan fingerprint density at radius 1 is 0.889 bits per heavy atom. The molecule has 4 aromatic rings. The van der Waals surface area contributed by atoms with E-state index in [1.54, 1.807) is 65.7 Å². The minimum absolute atomic E-state index is 0.0286. The molecule has 1 aliphatic rings. The zero-order valence-electron chi connectivity index (χ0n) is 25.4. The lowest BCUT2D eigenvalue weighted by Gasteiger charge is -2.34. The Hall–Kier alpha value is -5.26. The van der Waals surface area contributed by atoms with Crippen LogP contribution in [0.2, 0.25) is 0 Å². The fourth-order valence-corrected chi connectivity index (χ4v) is 4.87. The number of pyridine rings is 1. The number of halogens is 1. The van der Waals surface area contributed by atoms with E-state index in [9.17, 15) is 18.8 Å². The molecule has 1 N–H and O–H groups in total. The summed E-state index contributed by atoms with van der Waals surface area (Å²) in [6, 6.07) is 18.8. The first kappa shape index (κ1) is 31.2. The molecule has 2 aromatic carbocycles. The van der Waals surface area contributed by atoms with Crippen LogP contribution in [0.15, 0.2) is 79.3 Å². The molecule has 12 heteroatoms. The van der Waals surface area contributed by atoms with Gasteiger partial charge < -0.3 is 23.8 Å². The van der Waals surface area contributed by atoms with Gasteiger partial charge in [0.2, 0.25) is 5.91 Å². The first-order valence-electron chi connectivity index (χ1n) is 14.6. The van der Waals surface area contributed by atoms with E-state index >= 15 is 0 Å². The Morgan fingerprint density at radius 2 is 1.58 bits per heavy atom. The average Bonchev–Trinajstić information content (AvgIpc) is 3.43. The van der Waals surface area contributed by atoms with E-state index < -0.39 is 17.8 Å². The summed E-state index contributed by atoms with van der Waals surface area (Å²) < 4.78 is 26.2. The quantitative estimate of drug-likeness (QED) is 0.289. The predicted octanol–water partition coefficient (Wildman–Crippen LogP) is 5.58. The zero-order chi connectivity index (χ0) is 32.0. The van der Waals surface area contributed by atoms with Crippen molar-refractivity contribution in [3.8, 4) is 22.5 Å². The van der Waals surface area contributed by atoms with Crippen molar-refractivity contribution in [1.29, 1.82) is 0 Å². The SMILES string of the molecule is CC(C)(C)OC(=O)Nc1cc(-c2c(-c3ccc(F)cc3)ncn2CC(=O)N2CCN(C(=O)OCc3ccccc3)CC2)ccn1. The number of piperazine rings is 1. The second-order valence-corrected chi connectivity index (χ2v) is 11.5. The second-order valence-electron chi connectivity index (χ2n) is 11.5. The number of carbonyl (C=O) groups is 3. The minimum Gasteiger partial charge on any atom is -0.445 e. The van der Waals surface area contributed by atoms with Crippen molar-refractivity contribution in [3.63, 3.8) is 0 Å². The van der Waals surface area contributed by atoms with E-state index in [0.717, 1.165) is 5.56 Å². The molecule has 3 heterocycles. The van der Waals surface area contributed by atoms with Crippen LogP contribution in [0.3, 0.4) is 0 Å². The molecule has 0 spiro atoms. The van der Waals surface area contributed by atoms with Gasteiger partial charge in [-0.3, -0.25) is 10.1 Å². The van der Waals surface area contributed by atoms with E-state index in [-0.39, 0.29) is 30.7 Å². The van der Waals surface area contributed by atoms with Crippen molar-refractivity contribution in [3.05, 3.63) is 90.6 Å². The second kappa shape index (κ2) is 13.6. The monoisotopic (exact) mass is 614 g/mol. The molecule has 11 nitrogen and oxygen atoms in total. The normalized spacial score (nSPS) is 13.3. The number of imidazole rings is 1. The lowest BCUT2D eigenvalue weighted by molar-refractivity contribution is -0.133. The van der Waals surface area contributed by atoms with Gasteiger partial charge in [0.25, 0.3) is 0 Å². The van der Waals surface area contributed by atoms with Gasteiger partial charge in [-0.15, -0.1) is 0 Å². The summed E-state index contributed by atoms with van der Waals surface area (Å²) in [5.41, 5.74) is 2.61. The molecule has 0 saturated carbocycles. The molecule has 0 bridgehead atoms. The van der Waals surface area contributed by atoms with Crippen LogP contribution in [0, 0.1) is 5.82 Å². The summed E-state index contributed by atoms with van der Waals surface area (Å²) in [7, 11) is 0. The summed E-state index contributed by atoms with van der Waals surface area (Å²) in [6.07, 6.45) is 2.02. The number of benzene rings is 2. The van der Waals surface area contributed by atoms with Crippen molar-refractivity contribution < 1.29 is 28.2 Å². The van der Waals surface area contributed by atoms with Gasteiger partial charge >= 0.3 is 12.2 Å². The van der Waals surface area contributed by atoms with Gasteiger partial charge in [-0.1, -0.05) is 30.3 Å². The van der Waals surface area contributed by atoms with Crippen molar-refractivity contribution >= 4 is 23.9 Å². The predicted molar refractivity (Wildman–Crippen MR) is 165 cm³/mol. The number of nitrogens with one attached hydrogen (secondary N) is 1. The van der Waals surface area contributed by atoms with Crippen LogP contribution in [0.5, 0.6) is 0 Å². The van der Waals surface area contributed by atoms with Crippen molar-refractivity contribution in [1.82, 2.24) is 24.3 Å². The molecule has 5 rings (SSSR count). The maximum absolute atomic E-state index is 13.7. The molecule has 1 saturated heterocycles. The third-order valence-corrected chi connectivity index (χ3v) is 7.02. The molecule has 234 valence electrons. The number of hydrogen-bond acceptors (Lipinski definition) is 7.